The number of carbonyl (C=O) groups is 1. The van der Waals surface area contributed by atoms with Crippen LogP contribution in [-0.2, 0) is 6.54 Å². The van der Waals surface area contributed by atoms with Gasteiger partial charge in [0.05, 0.1) is 5.56 Å². The lowest BCUT2D eigenvalue weighted by Crippen LogP contribution is -2.27. The van der Waals surface area contributed by atoms with Crippen molar-refractivity contribution in [1.82, 2.24) is 9.88 Å². The van der Waals surface area contributed by atoms with Crippen LogP contribution in [0.1, 0.15) is 21.5 Å². The quantitative estimate of drug-likeness (QED) is 0.848. The largest absolute Gasteiger partial charge is 0.337 e. The second kappa shape index (κ2) is 5.61. The molecular formula is C15H15FN2O. The van der Waals surface area contributed by atoms with Gasteiger partial charge >= 0.3 is 0 Å². The fourth-order valence-electron chi connectivity index (χ4n) is 1.84. The number of nitrogens with zero attached hydrogens (tertiary/aromatic N) is 2. The molecule has 2 rings (SSSR count). The standard InChI is InChI=1S/C15H15FN2O/c1-11-3-4-14(16)13(9-11)15(19)18(2)10-12-5-7-17-8-6-12/h3-9H,10H2,1-2H3. The van der Waals surface area contributed by atoms with Gasteiger partial charge in [0.15, 0.2) is 0 Å². The van der Waals surface area contributed by atoms with Crippen LogP contribution >= 0.6 is 0 Å². The Morgan fingerprint density at radius 3 is 2.63 bits per heavy atom. The van der Waals surface area contributed by atoms with E-state index in [1.807, 2.05) is 19.1 Å². The molecule has 0 aliphatic rings. The van der Waals surface area contributed by atoms with Crippen LogP contribution in [0.2, 0.25) is 0 Å². The number of carbonyl (C=O) groups excluding carboxylic acids is 1. The Hall–Kier alpha value is -2.23. The molecule has 98 valence electrons. The number of hydrogen-bond donors (Lipinski definition) is 0. The summed E-state index contributed by atoms with van der Waals surface area (Å²) in [7, 11) is 1.66. The lowest BCUT2D eigenvalue weighted by atomic mass is 10.1. The molecule has 3 nitrogen and oxygen atoms in total. The highest BCUT2D eigenvalue weighted by molar-refractivity contribution is 5.94. The second-order valence-corrected chi connectivity index (χ2v) is 4.50. The molecule has 1 aromatic heterocycles. The summed E-state index contributed by atoms with van der Waals surface area (Å²) in [6, 6.07) is 8.20. The van der Waals surface area contributed by atoms with Crippen molar-refractivity contribution in [1.29, 1.82) is 0 Å². The molecule has 0 fully saturated rings. The summed E-state index contributed by atoms with van der Waals surface area (Å²) in [5, 5.41) is 0. The number of aryl methyl sites for hydroxylation is 1. The van der Waals surface area contributed by atoms with Crippen molar-refractivity contribution in [2.24, 2.45) is 0 Å². The minimum Gasteiger partial charge on any atom is -0.337 e. The fourth-order valence-corrected chi connectivity index (χ4v) is 1.84. The Morgan fingerprint density at radius 1 is 1.26 bits per heavy atom. The van der Waals surface area contributed by atoms with Gasteiger partial charge in [-0.2, -0.15) is 0 Å². The van der Waals surface area contributed by atoms with Gasteiger partial charge in [-0.25, -0.2) is 4.39 Å². The van der Waals surface area contributed by atoms with Crippen LogP contribution < -0.4 is 0 Å². The van der Waals surface area contributed by atoms with Crippen molar-refractivity contribution in [3.63, 3.8) is 0 Å². The average molecular weight is 258 g/mol. The van der Waals surface area contributed by atoms with Gasteiger partial charge in [-0.1, -0.05) is 11.6 Å². The highest BCUT2D eigenvalue weighted by Gasteiger charge is 2.16. The highest BCUT2D eigenvalue weighted by atomic mass is 19.1. The lowest BCUT2D eigenvalue weighted by molar-refractivity contribution is 0.0780. The van der Waals surface area contributed by atoms with Crippen molar-refractivity contribution in [3.8, 4) is 0 Å². The van der Waals surface area contributed by atoms with Crippen LogP contribution in [0.4, 0.5) is 4.39 Å². The van der Waals surface area contributed by atoms with Crippen molar-refractivity contribution >= 4 is 5.91 Å². The summed E-state index contributed by atoms with van der Waals surface area (Å²) in [5.74, 6) is -0.810. The third-order valence-electron chi connectivity index (χ3n) is 2.87. The molecule has 0 bridgehead atoms. The van der Waals surface area contributed by atoms with Gasteiger partial charge in [-0.05, 0) is 36.8 Å². The van der Waals surface area contributed by atoms with E-state index in [0.29, 0.717) is 6.54 Å². The zero-order valence-electron chi connectivity index (χ0n) is 10.9. The number of amides is 1. The Morgan fingerprint density at radius 2 is 1.95 bits per heavy atom. The summed E-state index contributed by atoms with van der Waals surface area (Å²) in [6.07, 6.45) is 3.34. The first-order chi connectivity index (χ1) is 9.08. The number of pyridine rings is 1. The minimum absolute atomic E-state index is 0.108. The van der Waals surface area contributed by atoms with Gasteiger partial charge in [0.2, 0.25) is 0 Å². The minimum atomic E-state index is -0.489. The number of aromatic nitrogens is 1. The van der Waals surface area contributed by atoms with Crippen molar-refractivity contribution in [2.75, 3.05) is 7.05 Å². The average Bonchev–Trinajstić information content (AvgIpc) is 2.42. The number of rotatable bonds is 3. The zero-order valence-corrected chi connectivity index (χ0v) is 10.9. The lowest BCUT2D eigenvalue weighted by Gasteiger charge is -2.17. The molecule has 0 radical (unpaired) electrons. The third-order valence-corrected chi connectivity index (χ3v) is 2.87. The van der Waals surface area contributed by atoms with E-state index in [1.54, 1.807) is 31.6 Å². The molecule has 2 aromatic rings. The van der Waals surface area contributed by atoms with E-state index >= 15 is 0 Å². The topological polar surface area (TPSA) is 33.2 Å². The Labute approximate surface area is 111 Å². The van der Waals surface area contributed by atoms with E-state index < -0.39 is 5.82 Å². The fraction of sp³-hybridized carbons (Fsp3) is 0.200. The first kappa shape index (κ1) is 13.2. The SMILES string of the molecule is Cc1ccc(F)c(C(=O)N(C)Cc2ccncc2)c1. The van der Waals surface area contributed by atoms with Gasteiger partial charge < -0.3 is 4.90 Å². The number of halogens is 1. The van der Waals surface area contributed by atoms with E-state index in [9.17, 15) is 9.18 Å². The molecule has 0 saturated heterocycles. The Balaban J connectivity index is 2.17. The first-order valence-corrected chi connectivity index (χ1v) is 5.98. The Bertz CT molecular complexity index is 584. The molecule has 0 unspecified atom stereocenters. The van der Waals surface area contributed by atoms with Crippen molar-refractivity contribution in [3.05, 3.63) is 65.2 Å². The summed E-state index contributed by atoms with van der Waals surface area (Å²) < 4.78 is 13.7. The van der Waals surface area contributed by atoms with Crippen molar-refractivity contribution < 1.29 is 9.18 Å². The van der Waals surface area contributed by atoms with Gasteiger partial charge in [0, 0.05) is 26.0 Å². The van der Waals surface area contributed by atoms with Crippen LogP contribution in [-0.4, -0.2) is 22.8 Å². The summed E-state index contributed by atoms with van der Waals surface area (Å²) >= 11 is 0. The number of benzene rings is 1. The van der Waals surface area contributed by atoms with E-state index in [-0.39, 0.29) is 11.5 Å². The van der Waals surface area contributed by atoms with Crippen LogP contribution in [0.15, 0.2) is 42.7 Å². The molecule has 0 aliphatic heterocycles. The molecule has 1 heterocycles. The first-order valence-electron chi connectivity index (χ1n) is 5.98. The number of hydrogen-bond acceptors (Lipinski definition) is 2. The van der Waals surface area contributed by atoms with Gasteiger partial charge in [0.1, 0.15) is 5.82 Å². The molecule has 1 aromatic carbocycles. The van der Waals surface area contributed by atoms with Crippen LogP contribution in [0.25, 0.3) is 0 Å². The van der Waals surface area contributed by atoms with Gasteiger partial charge in [-0.15, -0.1) is 0 Å². The summed E-state index contributed by atoms with van der Waals surface area (Å²) in [6.45, 7) is 2.26. The molecule has 1 amide bonds. The molecule has 0 spiro atoms. The molecule has 0 atom stereocenters. The van der Waals surface area contributed by atoms with E-state index in [4.69, 9.17) is 0 Å². The molecule has 0 aliphatic carbocycles. The van der Waals surface area contributed by atoms with E-state index in [0.717, 1.165) is 11.1 Å². The van der Waals surface area contributed by atoms with Gasteiger partial charge in [0.25, 0.3) is 5.91 Å². The molecule has 4 heteroatoms. The Kier molecular flexibility index (Phi) is 3.90. The van der Waals surface area contributed by atoms with E-state index in [2.05, 4.69) is 4.98 Å². The smallest absolute Gasteiger partial charge is 0.256 e. The van der Waals surface area contributed by atoms with E-state index in [1.165, 1.54) is 11.0 Å². The molecule has 0 N–H and O–H groups in total. The highest BCUT2D eigenvalue weighted by Crippen LogP contribution is 2.13. The predicted octanol–water partition coefficient (Wildman–Crippen LogP) is 2.80. The van der Waals surface area contributed by atoms with Crippen molar-refractivity contribution in [2.45, 2.75) is 13.5 Å². The maximum absolute atomic E-state index is 13.7. The maximum atomic E-state index is 13.7. The predicted molar refractivity (Wildman–Crippen MR) is 71.2 cm³/mol. The van der Waals surface area contributed by atoms with Crippen LogP contribution in [0.3, 0.4) is 0 Å². The normalized spacial score (nSPS) is 10.3. The van der Waals surface area contributed by atoms with Crippen LogP contribution in [0.5, 0.6) is 0 Å². The zero-order chi connectivity index (χ0) is 13.8. The van der Waals surface area contributed by atoms with Crippen LogP contribution in [0, 0.1) is 12.7 Å². The molecule has 0 saturated carbocycles. The summed E-state index contributed by atoms with van der Waals surface area (Å²) in [5.41, 5.74) is 1.93. The maximum Gasteiger partial charge on any atom is 0.256 e. The third kappa shape index (κ3) is 3.16. The molecular weight excluding hydrogens is 243 g/mol. The molecule has 19 heavy (non-hydrogen) atoms. The summed E-state index contributed by atoms with van der Waals surface area (Å²) in [4.78, 5) is 17.6. The second-order valence-electron chi connectivity index (χ2n) is 4.50. The monoisotopic (exact) mass is 258 g/mol. The van der Waals surface area contributed by atoms with Gasteiger partial charge in [-0.3, -0.25) is 9.78 Å².